The molecule has 8 nitrogen and oxygen atoms in total. The standard InChI is InChI=1S/C17H19N5O3/c1-21-4-6-22(7-5-21)17(23)13-9-19-16(10-18-13)20-12-2-3-14-15(8-12)25-11-24-14/h2-3,8-10H,4-7,11H2,1H3,(H,19,20). The minimum absolute atomic E-state index is 0.0739. The van der Waals surface area contributed by atoms with E-state index in [4.69, 9.17) is 9.47 Å². The van der Waals surface area contributed by atoms with Crippen LogP contribution in [0.2, 0.25) is 0 Å². The molecule has 1 aromatic heterocycles. The van der Waals surface area contributed by atoms with Gasteiger partial charge in [-0.2, -0.15) is 0 Å². The van der Waals surface area contributed by atoms with Crippen molar-refractivity contribution < 1.29 is 14.3 Å². The van der Waals surface area contributed by atoms with Gasteiger partial charge in [0.15, 0.2) is 11.5 Å². The Labute approximate surface area is 145 Å². The molecule has 0 saturated carbocycles. The van der Waals surface area contributed by atoms with Gasteiger partial charge in [0, 0.05) is 37.9 Å². The number of likely N-dealkylation sites (N-methyl/N-ethyl adjacent to an activating group) is 1. The maximum Gasteiger partial charge on any atom is 0.274 e. The summed E-state index contributed by atoms with van der Waals surface area (Å²) in [5.74, 6) is 1.91. The van der Waals surface area contributed by atoms with Gasteiger partial charge in [-0.3, -0.25) is 4.79 Å². The molecule has 2 aromatic rings. The summed E-state index contributed by atoms with van der Waals surface area (Å²) in [4.78, 5) is 25.0. The first-order chi connectivity index (χ1) is 12.2. The quantitative estimate of drug-likeness (QED) is 0.902. The van der Waals surface area contributed by atoms with E-state index >= 15 is 0 Å². The molecule has 0 atom stereocenters. The number of aromatic nitrogens is 2. The molecule has 0 radical (unpaired) electrons. The van der Waals surface area contributed by atoms with Crippen LogP contribution >= 0.6 is 0 Å². The van der Waals surface area contributed by atoms with E-state index < -0.39 is 0 Å². The van der Waals surface area contributed by atoms with Gasteiger partial charge in [-0.05, 0) is 19.2 Å². The zero-order valence-corrected chi connectivity index (χ0v) is 13.9. The molecular weight excluding hydrogens is 322 g/mol. The van der Waals surface area contributed by atoms with E-state index in [1.54, 1.807) is 6.20 Å². The van der Waals surface area contributed by atoms with E-state index in [1.165, 1.54) is 6.20 Å². The molecule has 1 amide bonds. The number of carbonyl (C=O) groups is 1. The lowest BCUT2D eigenvalue weighted by molar-refractivity contribution is 0.0658. The Balaban J connectivity index is 1.42. The maximum atomic E-state index is 12.5. The molecule has 0 spiro atoms. The summed E-state index contributed by atoms with van der Waals surface area (Å²) < 4.78 is 10.6. The molecule has 1 N–H and O–H groups in total. The zero-order chi connectivity index (χ0) is 17.2. The van der Waals surface area contributed by atoms with E-state index in [0.29, 0.717) is 30.4 Å². The fraction of sp³-hybridized carbons (Fsp3) is 0.353. The predicted molar refractivity (Wildman–Crippen MR) is 91.3 cm³/mol. The van der Waals surface area contributed by atoms with Crippen molar-refractivity contribution in [1.29, 1.82) is 0 Å². The van der Waals surface area contributed by atoms with Gasteiger partial charge in [0.1, 0.15) is 11.5 Å². The van der Waals surface area contributed by atoms with Gasteiger partial charge in [-0.1, -0.05) is 0 Å². The van der Waals surface area contributed by atoms with E-state index in [9.17, 15) is 4.79 Å². The first kappa shape index (κ1) is 15.6. The molecule has 8 heteroatoms. The average molecular weight is 341 g/mol. The third-order valence-corrected chi connectivity index (χ3v) is 4.31. The Morgan fingerprint density at radius 1 is 1.08 bits per heavy atom. The number of nitrogens with zero attached hydrogens (tertiary/aromatic N) is 4. The van der Waals surface area contributed by atoms with Gasteiger partial charge in [-0.25, -0.2) is 9.97 Å². The van der Waals surface area contributed by atoms with Gasteiger partial charge < -0.3 is 24.6 Å². The summed E-state index contributed by atoms with van der Waals surface area (Å²) in [6.45, 7) is 3.43. The highest BCUT2D eigenvalue weighted by Crippen LogP contribution is 2.34. The number of anilines is 2. The second kappa shape index (κ2) is 6.56. The molecular formula is C17H19N5O3. The van der Waals surface area contributed by atoms with Crippen LogP contribution in [-0.2, 0) is 0 Å². The van der Waals surface area contributed by atoms with Gasteiger partial charge in [-0.15, -0.1) is 0 Å². The molecule has 0 bridgehead atoms. The normalized spacial score (nSPS) is 16.8. The Hall–Kier alpha value is -2.87. The van der Waals surface area contributed by atoms with Crippen molar-refractivity contribution in [3.05, 3.63) is 36.3 Å². The highest BCUT2D eigenvalue weighted by Gasteiger charge is 2.21. The van der Waals surface area contributed by atoms with E-state index in [-0.39, 0.29) is 12.7 Å². The van der Waals surface area contributed by atoms with E-state index in [2.05, 4.69) is 27.2 Å². The number of carbonyl (C=O) groups excluding carboxylic acids is 1. The number of hydrogen-bond donors (Lipinski definition) is 1. The van der Waals surface area contributed by atoms with Crippen molar-refractivity contribution in [2.24, 2.45) is 0 Å². The SMILES string of the molecule is CN1CCN(C(=O)c2cnc(Nc3ccc4c(c3)OCO4)cn2)CC1. The second-order valence-electron chi connectivity index (χ2n) is 6.08. The lowest BCUT2D eigenvalue weighted by Gasteiger charge is -2.32. The number of benzene rings is 1. The highest BCUT2D eigenvalue weighted by molar-refractivity contribution is 5.92. The molecule has 25 heavy (non-hydrogen) atoms. The Kier molecular flexibility index (Phi) is 4.10. The van der Waals surface area contributed by atoms with Crippen LogP contribution in [0.25, 0.3) is 0 Å². The third kappa shape index (κ3) is 3.34. The topological polar surface area (TPSA) is 79.8 Å². The number of ether oxygens (including phenoxy) is 2. The van der Waals surface area contributed by atoms with E-state index in [0.717, 1.165) is 24.5 Å². The second-order valence-corrected chi connectivity index (χ2v) is 6.08. The molecule has 130 valence electrons. The Morgan fingerprint density at radius 3 is 2.64 bits per heavy atom. The summed E-state index contributed by atoms with van der Waals surface area (Å²) in [5, 5.41) is 3.14. The molecule has 3 heterocycles. The van der Waals surface area contributed by atoms with Crippen molar-refractivity contribution in [3.8, 4) is 11.5 Å². The Bertz CT molecular complexity index is 772. The molecule has 1 fully saturated rings. The summed E-state index contributed by atoms with van der Waals surface area (Å²) >= 11 is 0. The fourth-order valence-corrected chi connectivity index (χ4v) is 2.80. The van der Waals surface area contributed by atoms with Gasteiger partial charge in [0.2, 0.25) is 6.79 Å². The lowest BCUT2D eigenvalue weighted by Crippen LogP contribution is -2.47. The molecule has 0 unspecified atom stereocenters. The average Bonchev–Trinajstić information content (AvgIpc) is 3.10. The lowest BCUT2D eigenvalue weighted by atomic mass is 10.2. The first-order valence-electron chi connectivity index (χ1n) is 8.15. The zero-order valence-electron chi connectivity index (χ0n) is 13.9. The fourth-order valence-electron chi connectivity index (χ4n) is 2.80. The number of amides is 1. The smallest absolute Gasteiger partial charge is 0.274 e. The monoisotopic (exact) mass is 341 g/mol. The number of fused-ring (bicyclic) bond motifs is 1. The minimum Gasteiger partial charge on any atom is -0.454 e. The summed E-state index contributed by atoms with van der Waals surface area (Å²) in [6, 6.07) is 5.55. The molecule has 4 rings (SSSR count). The molecule has 1 aromatic carbocycles. The number of hydrogen-bond acceptors (Lipinski definition) is 7. The summed E-state index contributed by atoms with van der Waals surface area (Å²) in [6.07, 6.45) is 3.07. The Morgan fingerprint density at radius 2 is 1.88 bits per heavy atom. The van der Waals surface area contributed by atoms with Crippen LogP contribution in [0.15, 0.2) is 30.6 Å². The van der Waals surface area contributed by atoms with Crippen molar-refractivity contribution in [2.45, 2.75) is 0 Å². The van der Waals surface area contributed by atoms with Crippen molar-refractivity contribution in [2.75, 3.05) is 45.3 Å². The summed E-state index contributed by atoms with van der Waals surface area (Å²) in [5.41, 5.74) is 1.18. The largest absolute Gasteiger partial charge is 0.454 e. The van der Waals surface area contributed by atoms with Crippen LogP contribution in [0.1, 0.15) is 10.5 Å². The molecule has 1 saturated heterocycles. The number of nitrogens with one attached hydrogen (secondary N) is 1. The van der Waals surface area contributed by atoms with Crippen LogP contribution in [0.3, 0.4) is 0 Å². The first-order valence-corrected chi connectivity index (χ1v) is 8.15. The van der Waals surface area contributed by atoms with Gasteiger partial charge in [0.05, 0.1) is 12.4 Å². The predicted octanol–water partition coefficient (Wildman–Crippen LogP) is 1.34. The molecule has 2 aliphatic rings. The van der Waals surface area contributed by atoms with Crippen LogP contribution in [0, 0.1) is 0 Å². The van der Waals surface area contributed by atoms with Gasteiger partial charge in [0.25, 0.3) is 5.91 Å². The molecule has 2 aliphatic heterocycles. The van der Waals surface area contributed by atoms with Crippen LogP contribution in [0.4, 0.5) is 11.5 Å². The maximum absolute atomic E-state index is 12.5. The van der Waals surface area contributed by atoms with Crippen molar-refractivity contribution in [1.82, 2.24) is 19.8 Å². The van der Waals surface area contributed by atoms with Crippen molar-refractivity contribution in [3.63, 3.8) is 0 Å². The van der Waals surface area contributed by atoms with Crippen LogP contribution in [0.5, 0.6) is 11.5 Å². The van der Waals surface area contributed by atoms with Gasteiger partial charge >= 0.3 is 0 Å². The van der Waals surface area contributed by atoms with Crippen LogP contribution < -0.4 is 14.8 Å². The van der Waals surface area contributed by atoms with Crippen molar-refractivity contribution >= 4 is 17.4 Å². The van der Waals surface area contributed by atoms with E-state index in [1.807, 2.05) is 23.1 Å². The third-order valence-electron chi connectivity index (χ3n) is 4.31. The number of piperazine rings is 1. The molecule has 0 aliphatic carbocycles. The minimum atomic E-state index is -0.0739. The summed E-state index contributed by atoms with van der Waals surface area (Å²) in [7, 11) is 2.05. The highest BCUT2D eigenvalue weighted by atomic mass is 16.7. The number of rotatable bonds is 3. The van der Waals surface area contributed by atoms with Crippen LogP contribution in [-0.4, -0.2) is 65.7 Å².